The first-order valence-corrected chi connectivity index (χ1v) is 18.2. The fraction of sp³-hybridized carbons (Fsp3) is 0.543. The summed E-state index contributed by atoms with van der Waals surface area (Å²) >= 11 is 13.9. The van der Waals surface area contributed by atoms with Gasteiger partial charge in [0.1, 0.15) is 21.6 Å². The van der Waals surface area contributed by atoms with Crippen molar-refractivity contribution in [2.24, 2.45) is 10.9 Å². The summed E-state index contributed by atoms with van der Waals surface area (Å²) in [6.07, 6.45) is 5.31. The van der Waals surface area contributed by atoms with Crippen molar-refractivity contribution in [2.75, 3.05) is 32.8 Å². The maximum absolute atomic E-state index is 14.8. The Bertz CT molecular complexity index is 1630. The number of aromatic nitrogens is 1. The number of hydrogen-bond acceptors (Lipinski definition) is 8. The molecule has 1 aliphatic carbocycles. The number of likely N-dealkylation sites (tertiary alicyclic amines) is 1. The van der Waals surface area contributed by atoms with Gasteiger partial charge in [0.2, 0.25) is 5.91 Å². The van der Waals surface area contributed by atoms with Gasteiger partial charge in [0.25, 0.3) is 5.91 Å². The summed E-state index contributed by atoms with van der Waals surface area (Å²) in [6.45, 7) is 11.2. The molecular weight excluding hydrogens is 655 g/mol. The van der Waals surface area contributed by atoms with Crippen molar-refractivity contribution >= 4 is 51.9 Å². The van der Waals surface area contributed by atoms with Crippen LogP contribution in [0.15, 0.2) is 58.2 Å². The predicted molar refractivity (Wildman–Crippen MR) is 186 cm³/mol. The van der Waals surface area contributed by atoms with E-state index in [-0.39, 0.29) is 42.0 Å². The minimum absolute atomic E-state index is 0.0102. The quantitative estimate of drug-likeness (QED) is 0.373. The van der Waals surface area contributed by atoms with Crippen LogP contribution in [0.5, 0.6) is 0 Å². The van der Waals surface area contributed by atoms with Crippen LogP contribution < -0.4 is 0 Å². The molecule has 2 aromatic rings. The van der Waals surface area contributed by atoms with Crippen LogP contribution in [0.3, 0.4) is 0 Å². The molecule has 0 unspecified atom stereocenters. The zero-order valence-electron chi connectivity index (χ0n) is 27.3. The fourth-order valence-corrected chi connectivity index (χ4v) is 9.73. The number of benzene rings is 1. The summed E-state index contributed by atoms with van der Waals surface area (Å²) in [4.78, 5) is 47.7. The monoisotopic (exact) mass is 696 g/mol. The zero-order chi connectivity index (χ0) is 33.2. The Morgan fingerprint density at radius 2 is 1.83 bits per heavy atom. The highest BCUT2D eigenvalue weighted by Crippen LogP contribution is 2.56. The number of thioether (sulfide) groups is 1. The van der Waals surface area contributed by atoms with E-state index in [1.54, 1.807) is 12.3 Å². The number of piperazine rings is 1. The lowest BCUT2D eigenvalue weighted by atomic mass is 9.81. The summed E-state index contributed by atoms with van der Waals surface area (Å²) < 4.78 is 0. The van der Waals surface area contributed by atoms with Crippen molar-refractivity contribution < 1.29 is 14.7 Å². The molecule has 5 heterocycles. The Kier molecular flexibility index (Phi) is 8.65. The minimum atomic E-state index is -0.709. The molecule has 3 fully saturated rings. The number of rotatable bonds is 7. The van der Waals surface area contributed by atoms with Gasteiger partial charge in [-0.2, -0.15) is 0 Å². The lowest BCUT2D eigenvalue weighted by molar-refractivity contribution is -0.145. The van der Waals surface area contributed by atoms with E-state index in [0.717, 1.165) is 47.8 Å². The van der Waals surface area contributed by atoms with Crippen LogP contribution in [0, 0.1) is 5.92 Å². The number of allylic oxidation sites excluding steroid dienone is 1. The second-order valence-corrected chi connectivity index (χ2v) is 15.9. The highest BCUT2D eigenvalue weighted by atomic mass is 35.5. The Balaban J connectivity index is 1.22. The summed E-state index contributed by atoms with van der Waals surface area (Å²) in [5.74, 6) is -0.0352. The Labute approximate surface area is 291 Å². The maximum Gasteiger partial charge on any atom is 0.263 e. The number of aliphatic hydroxyl groups excluding tert-OH is 1. The SMILES string of the molecule is CC(C)C1=C(C(=O)N2[C@H](C)CC[C@@H]2C(=O)N2CCN(CCO)C3(CC3)C2)SC2=N[C@@](C)(c3ccc(Cl)nc3)[C@@H](c3ccc(Cl)cc3)N21. The normalized spacial score (nSPS) is 28.5. The zero-order valence-corrected chi connectivity index (χ0v) is 29.7. The number of amidine groups is 1. The molecule has 47 heavy (non-hydrogen) atoms. The molecule has 1 saturated carbocycles. The third kappa shape index (κ3) is 5.58. The number of fused-ring (bicyclic) bond motifs is 1. The van der Waals surface area contributed by atoms with Crippen molar-refractivity contribution in [3.05, 3.63) is 74.5 Å². The molecule has 1 aromatic heterocycles. The summed E-state index contributed by atoms with van der Waals surface area (Å²) in [7, 11) is 0. The van der Waals surface area contributed by atoms with Crippen LogP contribution >= 0.6 is 35.0 Å². The second kappa shape index (κ2) is 12.4. The van der Waals surface area contributed by atoms with Gasteiger partial charge in [-0.1, -0.05) is 55.2 Å². The number of hydrogen-bond donors (Lipinski definition) is 1. The smallest absolute Gasteiger partial charge is 0.263 e. The molecule has 7 rings (SSSR count). The van der Waals surface area contributed by atoms with Gasteiger partial charge in [0.15, 0.2) is 5.17 Å². The van der Waals surface area contributed by atoms with Crippen LogP contribution in [0.4, 0.5) is 0 Å². The van der Waals surface area contributed by atoms with Gasteiger partial charge in [-0.05, 0) is 81.0 Å². The molecule has 1 spiro atoms. The first-order chi connectivity index (χ1) is 22.5. The maximum atomic E-state index is 14.8. The minimum Gasteiger partial charge on any atom is -0.395 e. The molecule has 5 aliphatic rings. The Hall–Kier alpha value is -2.63. The molecule has 12 heteroatoms. The first-order valence-electron chi connectivity index (χ1n) is 16.6. The summed E-state index contributed by atoms with van der Waals surface area (Å²) in [5.41, 5.74) is 2.14. The van der Waals surface area contributed by atoms with Crippen molar-refractivity contribution in [1.29, 1.82) is 0 Å². The second-order valence-electron chi connectivity index (χ2n) is 14.1. The van der Waals surface area contributed by atoms with E-state index >= 15 is 0 Å². The van der Waals surface area contributed by atoms with Crippen molar-refractivity contribution in [3.8, 4) is 0 Å². The van der Waals surface area contributed by atoms with Gasteiger partial charge < -0.3 is 19.8 Å². The van der Waals surface area contributed by atoms with E-state index in [0.29, 0.717) is 41.1 Å². The lowest BCUT2D eigenvalue weighted by Crippen LogP contribution is -2.60. The molecule has 9 nitrogen and oxygen atoms in total. The molecule has 0 radical (unpaired) electrons. The highest BCUT2D eigenvalue weighted by Gasteiger charge is 2.56. The van der Waals surface area contributed by atoms with Gasteiger partial charge in [-0.15, -0.1) is 0 Å². The van der Waals surface area contributed by atoms with Crippen LogP contribution in [-0.4, -0.2) is 97.1 Å². The Morgan fingerprint density at radius 3 is 2.47 bits per heavy atom. The number of nitrogens with zero attached hydrogens (tertiary/aromatic N) is 6. The molecule has 250 valence electrons. The van der Waals surface area contributed by atoms with Gasteiger partial charge >= 0.3 is 0 Å². The molecule has 4 atom stereocenters. The van der Waals surface area contributed by atoms with Crippen LogP contribution in [-0.2, 0) is 15.1 Å². The largest absolute Gasteiger partial charge is 0.395 e. The number of pyridine rings is 1. The van der Waals surface area contributed by atoms with Crippen LogP contribution in [0.2, 0.25) is 10.2 Å². The number of carbonyl (C=O) groups is 2. The molecule has 0 bridgehead atoms. The highest BCUT2D eigenvalue weighted by molar-refractivity contribution is 8.18. The lowest BCUT2D eigenvalue weighted by Gasteiger charge is -2.43. The third-order valence-corrected chi connectivity index (χ3v) is 12.3. The Morgan fingerprint density at radius 1 is 1.09 bits per heavy atom. The van der Waals surface area contributed by atoms with Crippen LogP contribution in [0.25, 0.3) is 0 Å². The fourth-order valence-electron chi connectivity index (χ4n) is 8.14. The van der Waals surface area contributed by atoms with E-state index in [1.807, 2.05) is 40.1 Å². The van der Waals surface area contributed by atoms with Crippen molar-refractivity contribution in [2.45, 2.75) is 82.6 Å². The number of β-amino-alcohol motifs (C(OH)–C–C–N with tert-alkyl or cyclic N) is 1. The number of halogens is 2. The molecule has 4 aliphatic heterocycles. The third-order valence-electron chi connectivity index (χ3n) is 10.7. The average molecular weight is 698 g/mol. The van der Waals surface area contributed by atoms with E-state index < -0.39 is 11.6 Å². The average Bonchev–Trinajstić information content (AvgIpc) is 3.40. The van der Waals surface area contributed by atoms with E-state index in [9.17, 15) is 14.7 Å². The van der Waals surface area contributed by atoms with Gasteiger partial charge in [0, 0.05) is 60.2 Å². The van der Waals surface area contributed by atoms with E-state index in [1.165, 1.54) is 11.8 Å². The molecule has 1 N–H and O–H groups in total. The molecule has 2 amide bonds. The van der Waals surface area contributed by atoms with Crippen LogP contribution in [0.1, 0.15) is 70.5 Å². The number of aliphatic hydroxyl groups is 1. The predicted octanol–water partition coefficient (Wildman–Crippen LogP) is 5.68. The summed E-state index contributed by atoms with van der Waals surface area (Å²) in [5, 5.41) is 11.4. The van der Waals surface area contributed by atoms with E-state index in [2.05, 4.69) is 42.5 Å². The van der Waals surface area contributed by atoms with E-state index in [4.69, 9.17) is 28.2 Å². The molecular formula is C35H42Cl2N6O3S. The number of amides is 2. The van der Waals surface area contributed by atoms with Gasteiger partial charge in [-0.3, -0.25) is 14.5 Å². The first kappa shape index (κ1) is 32.9. The van der Waals surface area contributed by atoms with Crippen molar-refractivity contribution in [3.63, 3.8) is 0 Å². The molecule has 1 aromatic carbocycles. The topological polar surface area (TPSA) is 92.6 Å². The summed E-state index contributed by atoms with van der Waals surface area (Å²) in [6, 6.07) is 10.8. The van der Waals surface area contributed by atoms with Gasteiger partial charge in [0.05, 0.1) is 12.6 Å². The number of aliphatic imine (C=N–C) groups is 1. The van der Waals surface area contributed by atoms with Gasteiger partial charge in [-0.25, -0.2) is 9.98 Å². The van der Waals surface area contributed by atoms with Crippen molar-refractivity contribution in [1.82, 2.24) is 24.6 Å². The number of carbonyl (C=O) groups excluding carboxylic acids is 2. The standard InChI is InChI=1S/C35H42Cl2N6O3S/c1-21(2)28-29(32(46)42-22(3)5-11-26(42)31(45)40-15-16-41(17-18-44)35(20-40)13-14-35)47-33-39-34(4,24-8-12-27(37)38-19-24)30(43(28)33)23-6-9-25(36)10-7-23/h6-10,12,19,21-22,26,30,44H,5,11,13-18,20H2,1-4H3/t22-,26-,30-,34+/m1/s1. The molecule has 2 saturated heterocycles.